The van der Waals surface area contributed by atoms with Crippen LogP contribution in [0.2, 0.25) is 0 Å². The SMILES string of the molecule is O=c1oc2ccccc2c(O)c1C1CC(c2ccc(OCc3ccc(-c4ccccc4)cc3)cc2)Cc2ccccc21. The Bertz CT molecular complexity index is 1900. The van der Waals surface area contributed by atoms with Gasteiger partial charge in [-0.1, -0.05) is 103 Å². The maximum absolute atomic E-state index is 13.2. The number of rotatable bonds is 6. The van der Waals surface area contributed by atoms with Crippen molar-refractivity contribution < 1.29 is 14.3 Å². The van der Waals surface area contributed by atoms with Crippen LogP contribution in [0.15, 0.2) is 137 Å². The molecule has 0 fully saturated rings. The molecule has 0 spiro atoms. The van der Waals surface area contributed by atoms with Crippen molar-refractivity contribution >= 4 is 11.0 Å². The van der Waals surface area contributed by atoms with Crippen molar-refractivity contribution in [3.8, 4) is 22.6 Å². The molecule has 42 heavy (non-hydrogen) atoms. The molecule has 206 valence electrons. The Morgan fingerprint density at radius 2 is 1.43 bits per heavy atom. The summed E-state index contributed by atoms with van der Waals surface area (Å²) in [6, 6.07) is 42.4. The first-order valence-corrected chi connectivity index (χ1v) is 14.3. The van der Waals surface area contributed by atoms with E-state index in [0.717, 1.165) is 23.3 Å². The lowest BCUT2D eigenvalue weighted by Gasteiger charge is -2.32. The van der Waals surface area contributed by atoms with E-state index in [1.807, 2.05) is 48.5 Å². The van der Waals surface area contributed by atoms with Gasteiger partial charge in [-0.2, -0.15) is 0 Å². The highest BCUT2D eigenvalue weighted by molar-refractivity contribution is 5.84. The standard InChI is InChI=1S/C38H30O4/c39-37-33-12-6-7-13-35(33)42-38(40)36(37)34-23-30(22-29-10-4-5-11-32(29)34)28-18-20-31(21-19-28)41-24-25-14-16-27(17-15-25)26-8-2-1-3-9-26/h1-21,30,34,39H,22-24H2. The van der Waals surface area contributed by atoms with Crippen molar-refractivity contribution in [2.75, 3.05) is 0 Å². The highest BCUT2D eigenvalue weighted by Gasteiger charge is 2.33. The Balaban J connectivity index is 1.11. The van der Waals surface area contributed by atoms with Crippen LogP contribution < -0.4 is 10.4 Å². The minimum absolute atomic E-state index is 0.0165. The third-order valence-electron chi connectivity index (χ3n) is 8.40. The number of benzene rings is 5. The number of hydrogen-bond acceptors (Lipinski definition) is 4. The van der Waals surface area contributed by atoms with E-state index < -0.39 is 5.63 Å². The highest BCUT2D eigenvalue weighted by Crippen LogP contribution is 2.45. The predicted octanol–water partition coefficient (Wildman–Crippen LogP) is 8.61. The summed E-state index contributed by atoms with van der Waals surface area (Å²) in [5.74, 6) is 0.736. The Morgan fingerprint density at radius 1 is 0.738 bits per heavy atom. The van der Waals surface area contributed by atoms with Crippen molar-refractivity contribution in [1.29, 1.82) is 0 Å². The van der Waals surface area contributed by atoms with Crippen molar-refractivity contribution in [1.82, 2.24) is 0 Å². The van der Waals surface area contributed by atoms with Gasteiger partial charge in [0.2, 0.25) is 0 Å². The van der Waals surface area contributed by atoms with E-state index in [1.165, 1.54) is 22.3 Å². The Hall–Kier alpha value is -5.09. The van der Waals surface area contributed by atoms with Crippen molar-refractivity contribution in [2.24, 2.45) is 0 Å². The van der Waals surface area contributed by atoms with Crippen LogP contribution in [0.5, 0.6) is 11.5 Å². The number of fused-ring (bicyclic) bond motifs is 2. The summed E-state index contributed by atoms with van der Waals surface area (Å²) in [5.41, 5.74) is 7.19. The lowest BCUT2D eigenvalue weighted by atomic mass is 9.72. The van der Waals surface area contributed by atoms with Crippen LogP contribution in [-0.2, 0) is 13.0 Å². The van der Waals surface area contributed by atoms with E-state index in [9.17, 15) is 9.90 Å². The summed E-state index contributed by atoms with van der Waals surface area (Å²) in [4.78, 5) is 13.2. The second-order valence-corrected chi connectivity index (χ2v) is 11.0. The van der Waals surface area contributed by atoms with E-state index >= 15 is 0 Å². The molecule has 0 saturated carbocycles. The summed E-state index contributed by atoms with van der Waals surface area (Å²) in [7, 11) is 0. The van der Waals surface area contributed by atoms with Gasteiger partial charge in [-0.25, -0.2) is 4.79 Å². The lowest BCUT2D eigenvalue weighted by molar-refractivity contribution is 0.306. The third-order valence-corrected chi connectivity index (χ3v) is 8.40. The van der Waals surface area contributed by atoms with Gasteiger partial charge in [0.15, 0.2) is 0 Å². The first-order chi connectivity index (χ1) is 20.6. The smallest absolute Gasteiger partial charge is 0.343 e. The van der Waals surface area contributed by atoms with E-state index in [-0.39, 0.29) is 17.6 Å². The molecule has 1 N–H and O–H groups in total. The molecule has 4 nitrogen and oxygen atoms in total. The van der Waals surface area contributed by atoms with Gasteiger partial charge in [0.1, 0.15) is 23.7 Å². The first kappa shape index (κ1) is 25.8. The zero-order valence-corrected chi connectivity index (χ0v) is 23.1. The van der Waals surface area contributed by atoms with Crippen molar-refractivity contribution in [2.45, 2.75) is 31.3 Å². The number of aromatic hydroxyl groups is 1. The number of para-hydroxylation sites is 1. The van der Waals surface area contributed by atoms with Gasteiger partial charge < -0.3 is 14.3 Å². The van der Waals surface area contributed by atoms with Gasteiger partial charge in [0.25, 0.3) is 0 Å². The average Bonchev–Trinajstić information content (AvgIpc) is 3.04. The van der Waals surface area contributed by atoms with Gasteiger partial charge >= 0.3 is 5.63 Å². The van der Waals surface area contributed by atoms with Crippen LogP contribution in [0.3, 0.4) is 0 Å². The van der Waals surface area contributed by atoms with E-state index in [2.05, 4.69) is 60.7 Å². The van der Waals surface area contributed by atoms with Gasteiger partial charge in [-0.15, -0.1) is 0 Å². The molecule has 2 unspecified atom stereocenters. The lowest BCUT2D eigenvalue weighted by Crippen LogP contribution is -2.23. The second-order valence-electron chi connectivity index (χ2n) is 11.0. The van der Waals surface area contributed by atoms with E-state index in [0.29, 0.717) is 29.6 Å². The molecule has 7 rings (SSSR count). The molecule has 1 heterocycles. The molecule has 2 atom stereocenters. The van der Waals surface area contributed by atoms with Crippen LogP contribution in [0.4, 0.5) is 0 Å². The summed E-state index contributed by atoms with van der Waals surface area (Å²) >= 11 is 0. The normalized spacial score (nSPS) is 16.2. The monoisotopic (exact) mass is 550 g/mol. The van der Waals surface area contributed by atoms with E-state index in [1.54, 1.807) is 18.2 Å². The number of ether oxygens (including phenoxy) is 1. The average molecular weight is 551 g/mol. The molecule has 0 amide bonds. The van der Waals surface area contributed by atoms with Crippen LogP contribution >= 0.6 is 0 Å². The summed E-state index contributed by atoms with van der Waals surface area (Å²) < 4.78 is 11.8. The molecule has 1 aliphatic carbocycles. The van der Waals surface area contributed by atoms with Crippen LogP contribution in [0.25, 0.3) is 22.1 Å². The fourth-order valence-corrected chi connectivity index (χ4v) is 6.23. The van der Waals surface area contributed by atoms with Crippen LogP contribution in [0.1, 0.15) is 46.1 Å². The van der Waals surface area contributed by atoms with Gasteiger partial charge in [0, 0.05) is 5.92 Å². The largest absolute Gasteiger partial charge is 0.507 e. The van der Waals surface area contributed by atoms with Gasteiger partial charge in [0.05, 0.1) is 10.9 Å². The molecule has 0 bridgehead atoms. The van der Waals surface area contributed by atoms with Crippen molar-refractivity contribution in [3.05, 3.63) is 166 Å². The second kappa shape index (κ2) is 11.1. The minimum atomic E-state index is -0.479. The maximum Gasteiger partial charge on any atom is 0.343 e. The zero-order valence-electron chi connectivity index (χ0n) is 23.1. The zero-order chi connectivity index (χ0) is 28.5. The van der Waals surface area contributed by atoms with Gasteiger partial charge in [-0.05, 0) is 76.4 Å². The molecule has 1 aliphatic rings. The first-order valence-electron chi connectivity index (χ1n) is 14.3. The molecule has 0 radical (unpaired) electrons. The fraction of sp³-hybridized carbons (Fsp3) is 0.132. The molecule has 1 aromatic heterocycles. The molecule has 5 aromatic carbocycles. The molecule has 4 heteroatoms. The molecular formula is C38H30O4. The fourth-order valence-electron chi connectivity index (χ4n) is 6.23. The topological polar surface area (TPSA) is 59.7 Å². The predicted molar refractivity (Wildman–Crippen MR) is 166 cm³/mol. The highest BCUT2D eigenvalue weighted by atomic mass is 16.5. The maximum atomic E-state index is 13.2. The number of hydrogen-bond donors (Lipinski definition) is 1. The molecule has 6 aromatic rings. The van der Waals surface area contributed by atoms with Crippen LogP contribution in [-0.4, -0.2) is 5.11 Å². The Labute approximate surface area is 244 Å². The van der Waals surface area contributed by atoms with Crippen molar-refractivity contribution in [3.63, 3.8) is 0 Å². The molecule has 0 aliphatic heterocycles. The third kappa shape index (κ3) is 4.97. The van der Waals surface area contributed by atoms with E-state index in [4.69, 9.17) is 9.15 Å². The minimum Gasteiger partial charge on any atom is -0.507 e. The van der Waals surface area contributed by atoms with Gasteiger partial charge in [-0.3, -0.25) is 0 Å². The Morgan fingerprint density at radius 3 is 2.24 bits per heavy atom. The summed E-state index contributed by atoms with van der Waals surface area (Å²) in [5, 5.41) is 11.8. The van der Waals surface area contributed by atoms with Crippen LogP contribution in [0, 0.1) is 0 Å². The summed E-state index contributed by atoms with van der Waals surface area (Å²) in [6.45, 7) is 0.490. The Kier molecular flexibility index (Phi) is 6.81. The molecule has 0 saturated heterocycles. The summed E-state index contributed by atoms with van der Waals surface area (Å²) in [6.07, 6.45) is 1.56. The quantitative estimate of drug-likeness (QED) is 0.211. The molecular weight excluding hydrogens is 520 g/mol.